The smallest absolute Gasteiger partial charge is 0.153 e. The summed E-state index contributed by atoms with van der Waals surface area (Å²) in [7, 11) is 0. The maximum atomic E-state index is 11.7. The molecule has 86 valence electrons. The van der Waals surface area contributed by atoms with E-state index in [0.29, 0.717) is 0 Å². The Bertz CT molecular complexity index is 347. The second kappa shape index (κ2) is 5.16. The van der Waals surface area contributed by atoms with E-state index in [4.69, 9.17) is 0 Å². The molecule has 1 atom stereocenters. The van der Waals surface area contributed by atoms with E-state index in [1.54, 1.807) is 13.1 Å². The van der Waals surface area contributed by atoms with Gasteiger partial charge in [0.25, 0.3) is 0 Å². The number of aromatic nitrogens is 2. The third kappa shape index (κ3) is 2.44. The molecule has 4 nitrogen and oxygen atoms in total. The summed E-state index contributed by atoms with van der Waals surface area (Å²) in [5.74, 6) is 0.167. The van der Waals surface area contributed by atoms with E-state index < -0.39 is 0 Å². The molecule has 1 aromatic heterocycles. The van der Waals surface area contributed by atoms with Gasteiger partial charge >= 0.3 is 0 Å². The minimum absolute atomic E-state index is 0.167. The van der Waals surface area contributed by atoms with Gasteiger partial charge in [-0.1, -0.05) is 6.42 Å². The fraction of sp³-hybridized carbons (Fsp3) is 0.583. The van der Waals surface area contributed by atoms with Crippen molar-refractivity contribution in [2.75, 3.05) is 13.1 Å². The topological polar surface area (TPSA) is 46.1 Å². The molecule has 2 rings (SSSR count). The Kier molecular flexibility index (Phi) is 3.62. The van der Waals surface area contributed by atoms with E-state index in [2.05, 4.69) is 14.9 Å². The molecule has 0 aromatic carbocycles. The van der Waals surface area contributed by atoms with E-state index in [1.807, 2.05) is 6.07 Å². The number of carbonyl (C=O) groups excluding carboxylic acids is 1. The Balaban J connectivity index is 2.20. The highest BCUT2D eigenvalue weighted by atomic mass is 16.1. The van der Waals surface area contributed by atoms with Crippen molar-refractivity contribution >= 4 is 5.78 Å². The van der Waals surface area contributed by atoms with Gasteiger partial charge in [-0.05, 0) is 38.9 Å². The molecular weight excluding hydrogens is 202 g/mol. The lowest BCUT2D eigenvalue weighted by Crippen LogP contribution is -2.37. The quantitative estimate of drug-likeness (QED) is 0.774. The summed E-state index contributed by atoms with van der Waals surface area (Å²) in [4.78, 5) is 22.1. The number of piperidine rings is 1. The maximum absolute atomic E-state index is 11.7. The molecule has 0 N–H and O–H groups in total. The zero-order valence-electron chi connectivity index (χ0n) is 9.59. The van der Waals surface area contributed by atoms with Crippen molar-refractivity contribution in [2.24, 2.45) is 0 Å². The summed E-state index contributed by atoms with van der Waals surface area (Å²) in [6, 6.07) is 1.66. The van der Waals surface area contributed by atoms with Gasteiger partial charge in [0, 0.05) is 6.20 Å². The van der Waals surface area contributed by atoms with Crippen LogP contribution in [0.2, 0.25) is 0 Å². The molecule has 0 radical (unpaired) electrons. The molecule has 4 heteroatoms. The molecule has 1 aromatic rings. The van der Waals surface area contributed by atoms with Gasteiger partial charge in [0.1, 0.15) is 12.4 Å². The molecule has 0 saturated carbocycles. The number of likely N-dealkylation sites (tertiary alicyclic amines) is 1. The van der Waals surface area contributed by atoms with Crippen LogP contribution in [0, 0.1) is 0 Å². The third-order valence-corrected chi connectivity index (χ3v) is 3.03. The summed E-state index contributed by atoms with van der Waals surface area (Å²) in [5, 5.41) is 0. The first kappa shape index (κ1) is 11.2. The van der Waals surface area contributed by atoms with Gasteiger partial charge in [-0.3, -0.25) is 9.69 Å². The number of nitrogens with zero attached hydrogens (tertiary/aromatic N) is 3. The maximum Gasteiger partial charge on any atom is 0.153 e. The Labute approximate surface area is 95.7 Å². The van der Waals surface area contributed by atoms with Gasteiger partial charge in [-0.25, -0.2) is 9.97 Å². The first-order chi connectivity index (χ1) is 7.79. The summed E-state index contributed by atoms with van der Waals surface area (Å²) in [5.41, 5.74) is 0.824. The van der Waals surface area contributed by atoms with Crippen LogP contribution in [0.3, 0.4) is 0 Å². The second-order valence-corrected chi connectivity index (χ2v) is 4.24. The molecule has 0 spiro atoms. The van der Waals surface area contributed by atoms with Crippen LogP contribution in [-0.2, 0) is 4.79 Å². The second-order valence-electron chi connectivity index (χ2n) is 4.24. The van der Waals surface area contributed by atoms with Crippen molar-refractivity contribution < 1.29 is 4.79 Å². The number of Topliss-reactive ketones (excluding diaryl/α,β-unsaturated/α-hetero) is 1. The Hall–Kier alpha value is -1.29. The van der Waals surface area contributed by atoms with Crippen LogP contribution in [0.5, 0.6) is 0 Å². The molecule has 1 aliphatic heterocycles. The predicted molar refractivity (Wildman–Crippen MR) is 60.9 cm³/mol. The Morgan fingerprint density at radius 2 is 2.12 bits per heavy atom. The van der Waals surface area contributed by atoms with Crippen molar-refractivity contribution in [3.63, 3.8) is 0 Å². The standard InChI is InChI=1S/C12H17N3O/c1-10(16)12(11-5-6-13-9-14-11)15-7-3-2-4-8-15/h5-6,9,12H,2-4,7-8H2,1H3. The molecule has 1 fully saturated rings. The van der Waals surface area contributed by atoms with Crippen LogP contribution in [0.4, 0.5) is 0 Å². The number of hydrogen-bond acceptors (Lipinski definition) is 4. The van der Waals surface area contributed by atoms with Crippen molar-refractivity contribution in [2.45, 2.75) is 32.2 Å². The molecule has 1 unspecified atom stereocenters. The van der Waals surface area contributed by atoms with Crippen molar-refractivity contribution in [3.05, 3.63) is 24.3 Å². The summed E-state index contributed by atoms with van der Waals surface area (Å²) < 4.78 is 0. The lowest BCUT2D eigenvalue weighted by molar-refractivity contribution is -0.122. The molecule has 0 amide bonds. The zero-order valence-corrected chi connectivity index (χ0v) is 9.59. The highest BCUT2D eigenvalue weighted by molar-refractivity contribution is 5.82. The summed E-state index contributed by atoms with van der Waals surface area (Å²) in [6.45, 7) is 3.63. The minimum atomic E-state index is -0.178. The lowest BCUT2D eigenvalue weighted by Gasteiger charge is -2.32. The van der Waals surface area contributed by atoms with Crippen LogP contribution in [-0.4, -0.2) is 33.7 Å². The number of carbonyl (C=O) groups is 1. The molecule has 1 aliphatic rings. The first-order valence-corrected chi connectivity index (χ1v) is 5.79. The van der Waals surface area contributed by atoms with Crippen LogP contribution in [0.15, 0.2) is 18.6 Å². The Morgan fingerprint density at radius 3 is 2.69 bits per heavy atom. The van der Waals surface area contributed by atoms with Crippen LogP contribution >= 0.6 is 0 Å². The monoisotopic (exact) mass is 219 g/mol. The van der Waals surface area contributed by atoms with Crippen LogP contribution in [0.25, 0.3) is 0 Å². The fourth-order valence-electron chi connectivity index (χ4n) is 2.29. The van der Waals surface area contributed by atoms with E-state index in [0.717, 1.165) is 18.8 Å². The third-order valence-electron chi connectivity index (χ3n) is 3.03. The van der Waals surface area contributed by atoms with Crippen molar-refractivity contribution in [3.8, 4) is 0 Å². The molecule has 1 saturated heterocycles. The van der Waals surface area contributed by atoms with Crippen LogP contribution < -0.4 is 0 Å². The van der Waals surface area contributed by atoms with E-state index >= 15 is 0 Å². The fourth-order valence-corrected chi connectivity index (χ4v) is 2.29. The summed E-state index contributed by atoms with van der Waals surface area (Å²) in [6.07, 6.45) is 6.83. The van der Waals surface area contributed by atoms with Gasteiger partial charge in [0.2, 0.25) is 0 Å². The normalized spacial score (nSPS) is 19.3. The highest BCUT2D eigenvalue weighted by Crippen LogP contribution is 2.23. The van der Waals surface area contributed by atoms with Crippen LogP contribution in [0.1, 0.15) is 37.9 Å². The van der Waals surface area contributed by atoms with Gasteiger partial charge < -0.3 is 0 Å². The number of rotatable bonds is 3. The molecule has 16 heavy (non-hydrogen) atoms. The molecular formula is C12H17N3O. The predicted octanol–water partition coefficient (Wildman–Crippen LogP) is 1.59. The molecule has 2 heterocycles. The van der Waals surface area contributed by atoms with Gasteiger partial charge in [0.15, 0.2) is 5.78 Å². The molecule has 0 bridgehead atoms. The average molecular weight is 219 g/mol. The van der Waals surface area contributed by atoms with Gasteiger partial charge in [-0.2, -0.15) is 0 Å². The SMILES string of the molecule is CC(=O)C(c1ccncn1)N1CCCCC1. The molecule has 0 aliphatic carbocycles. The lowest BCUT2D eigenvalue weighted by atomic mass is 10.0. The van der Waals surface area contributed by atoms with Crippen molar-refractivity contribution in [1.82, 2.24) is 14.9 Å². The van der Waals surface area contributed by atoms with Gasteiger partial charge in [0.05, 0.1) is 5.69 Å². The van der Waals surface area contributed by atoms with E-state index in [-0.39, 0.29) is 11.8 Å². The van der Waals surface area contributed by atoms with Gasteiger partial charge in [-0.15, -0.1) is 0 Å². The number of ketones is 1. The summed E-state index contributed by atoms with van der Waals surface area (Å²) >= 11 is 0. The highest BCUT2D eigenvalue weighted by Gasteiger charge is 2.26. The average Bonchev–Trinajstić information content (AvgIpc) is 2.31. The van der Waals surface area contributed by atoms with E-state index in [1.165, 1.54) is 25.6 Å². The minimum Gasteiger partial charge on any atom is -0.298 e. The number of hydrogen-bond donors (Lipinski definition) is 0. The zero-order chi connectivity index (χ0) is 11.4. The van der Waals surface area contributed by atoms with E-state index in [9.17, 15) is 4.79 Å². The largest absolute Gasteiger partial charge is 0.298 e. The Morgan fingerprint density at radius 1 is 1.38 bits per heavy atom. The van der Waals surface area contributed by atoms with Crippen molar-refractivity contribution in [1.29, 1.82) is 0 Å². The first-order valence-electron chi connectivity index (χ1n) is 5.79.